The first-order valence-electron chi connectivity index (χ1n) is 8.06. The van der Waals surface area contributed by atoms with Gasteiger partial charge in [-0.3, -0.25) is 9.69 Å². The van der Waals surface area contributed by atoms with Crippen molar-refractivity contribution in [2.75, 3.05) is 39.3 Å². The summed E-state index contributed by atoms with van der Waals surface area (Å²) in [7, 11) is 0. The van der Waals surface area contributed by atoms with E-state index in [1.807, 2.05) is 0 Å². The number of nitrogens with zero attached hydrogens (tertiary/aromatic N) is 2. The highest BCUT2D eigenvalue weighted by atomic mass is 16.2. The van der Waals surface area contributed by atoms with E-state index in [0.29, 0.717) is 5.91 Å². The van der Waals surface area contributed by atoms with E-state index in [0.717, 1.165) is 52.1 Å². The predicted molar refractivity (Wildman–Crippen MR) is 84.3 cm³/mol. The van der Waals surface area contributed by atoms with Gasteiger partial charge in [0.1, 0.15) is 0 Å². The topological polar surface area (TPSA) is 35.6 Å². The van der Waals surface area contributed by atoms with Crippen LogP contribution >= 0.6 is 0 Å². The molecular weight excluding hydrogens is 262 g/mol. The molecule has 0 aliphatic carbocycles. The maximum absolute atomic E-state index is 12.8. The van der Waals surface area contributed by atoms with Gasteiger partial charge in [0.25, 0.3) is 0 Å². The second-order valence-corrected chi connectivity index (χ2v) is 6.06. The van der Waals surface area contributed by atoms with E-state index in [2.05, 4.69) is 46.3 Å². The first-order chi connectivity index (χ1) is 10.3. The number of carbonyl (C=O) groups is 1. The first kappa shape index (κ1) is 14.5. The number of hydrogen-bond acceptors (Lipinski definition) is 3. The van der Waals surface area contributed by atoms with Crippen LogP contribution in [0.5, 0.6) is 0 Å². The lowest BCUT2D eigenvalue weighted by Crippen LogP contribution is -2.53. The average molecular weight is 287 g/mol. The molecule has 1 amide bonds. The summed E-state index contributed by atoms with van der Waals surface area (Å²) in [5.41, 5.74) is 2.81. The van der Waals surface area contributed by atoms with Crippen LogP contribution in [-0.4, -0.2) is 61.0 Å². The van der Waals surface area contributed by atoms with Crippen molar-refractivity contribution in [2.24, 2.45) is 0 Å². The van der Waals surface area contributed by atoms with Crippen LogP contribution in [0.1, 0.15) is 18.1 Å². The van der Waals surface area contributed by atoms with E-state index in [1.165, 1.54) is 11.1 Å². The maximum atomic E-state index is 12.8. The van der Waals surface area contributed by atoms with E-state index in [1.54, 1.807) is 0 Å². The highest BCUT2D eigenvalue weighted by Gasteiger charge is 2.27. The Bertz CT molecular complexity index is 470. The summed E-state index contributed by atoms with van der Waals surface area (Å²) < 4.78 is 0. The van der Waals surface area contributed by atoms with Crippen LogP contribution in [-0.2, 0) is 17.6 Å². The van der Waals surface area contributed by atoms with E-state index in [4.69, 9.17) is 0 Å². The van der Waals surface area contributed by atoms with Gasteiger partial charge in [-0.05, 0) is 30.9 Å². The molecule has 1 saturated heterocycles. The van der Waals surface area contributed by atoms with Gasteiger partial charge in [-0.25, -0.2) is 0 Å². The van der Waals surface area contributed by atoms with Crippen molar-refractivity contribution >= 4 is 5.91 Å². The summed E-state index contributed by atoms with van der Waals surface area (Å²) in [4.78, 5) is 17.1. The SMILES string of the molecule is CC(C(=O)N1CCc2ccccc2CC1)N1CCNCC1. The number of rotatable bonds is 2. The summed E-state index contributed by atoms with van der Waals surface area (Å²) in [6, 6.07) is 8.60. The lowest BCUT2D eigenvalue weighted by Gasteiger charge is -2.34. The van der Waals surface area contributed by atoms with Crippen molar-refractivity contribution in [3.63, 3.8) is 0 Å². The van der Waals surface area contributed by atoms with Gasteiger partial charge in [0, 0.05) is 39.3 Å². The fourth-order valence-electron chi connectivity index (χ4n) is 3.38. The average Bonchev–Trinajstić information content (AvgIpc) is 2.77. The molecule has 0 spiro atoms. The summed E-state index contributed by atoms with van der Waals surface area (Å²) in [5, 5.41) is 3.34. The minimum atomic E-state index is 0.00770. The van der Waals surface area contributed by atoms with Crippen LogP contribution in [0.4, 0.5) is 0 Å². The van der Waals surface area contributed by atoms with Crippen LogP contribution in [0.25, 0.3) is 0 Å². The molecule has 0 saturated carbocycles. The number of benzene rings is 1. The minimum Gasteiger partial charge on any atom is -0.341 e. The number of fused-ring (bicyclic) bond motifs is 1. The van der Waals surface area contributed by atoms with Crippen LogP contribution < -0.4 is 5.32 Å². The first-order valence-corrected chi connectivity index (χ1v) is 8.06. The molecule has 1 unspecified atom stereocenters. The zero-order valence-corrected chi connectivity index (χ0v) is 12.8. The second-order valence-electron chi connectivity index (χ2n) is 6.06. The van der Waals surface area contributed by atoms with Gasteiger partial charge in [-0.15, -0.1) is 0 Å². The number of amides is 1. The molecule has 1 aromatic rings. The number of hydrogen-bond donors (Lipinski definition) is 1. The Hall–Kier alpha value is -1.39. The highest BCUT2D eigenvalue weighted by molar-refractivity contribution is 5.81. The highest BCUT2D eigenvalue weighted by Crippen LogP contribution is 2.17. The maximum Gasteiger partial charge on any atom is 0.239 e. The molecule has 21 heavy (non-hydrogen) atoms. The fourth-order valence-corrected chi connectivity index (χ4v) is 3.38. The Kier molecular flexibility index (Phi) is 4.56. The molecule has 4 heteroatoms. The smallest absolute Gasteiger partial charge is 0.239 e. The predicted octanol–water partition coefficient (Wildman–Crippen LogP) is 0.908. The van der Waals surface area contributed by atoms with Crippen LogP contribution in [0.15, 0.2) is 24.3 Å². The molecule has 1 atom stereocenters. The quantitative estimate of drug-likeness (QED) is 0.878. The van der Waals surface area contributed by atoms with Crippen molar-refractivity contribution < 1.29 is 4.79 Å². The normalized spacial score (nSPS) is 21.5. The van der Waals surface area contributed by atoms with Gasteiger partial charge >= 0.3 is 0 Å². The third kappa shape index (κ3) is 3.27. The van der Waals surface area contributed by atoms with Crippen molar-refractivity contribution in [2.45, 2.75) is 25.8 Å². The molecule has 1 aromatic carbocycles. The molecule has 1 N–H and O–H groups in total. The van der Waals surface area contributed by atoms with E-state index in [9.17, 15) is 4.79 Å². The molecule has 114 valence electrons. The molecule has 2 aliphatic heterocycles. The van der Waals surface area contributed by atoms with Gasteiger partial charge in [-0.1, -0.05) is 24.3 Å². The summed E-state index contributed by atoms with van der Waals surface area (Å²) in [5.74, 6) is 0.296. The fraction of sp³-hybridized carbons (Fsp3) is 0.588. The lowest BCUT2D eigenvalue weighted by molar-refractivity contribution is -0.136. The number of nitrogens with one attached hydrogen (secondary N) is 1. The Morgan fingerprint density at radius 1 is 1.05 bits per heavy atom. The van der Waals surface area contributed by atoms with Crippen molar-refractivity contribution in [1.82, 2.24) is 15.1 Å². The van der Waals surface area contributed by atoms with Gasteiger partial charge in [0.05, 0.1) is 6.04 Å². The monoisotopic (exact) mass is 287 g/mol. The molecule has 1 fully saturated rings. The molecule has 0 radical (unpaired) electrons. The van der Waals surface area contributed by atoms with Crippen LogP contribution in [0, 0.1) is 0 Å². The van der Waals surface area contributed by atoms with Crippen LogP contribution in [0.3, 0.4) is 0 Å². The van der Waals surface area contributed by atoms with Crippen molar-refractivity contribution in [3.8, 4) is 0 Å². The molecule has 0 aromatic heterocycles. The Labute approximate surface area is 127 Å². The zero-order chi connectivity index (χ0) is 14.7. The van der Waals surface area contributed by atoms with Gasteiger partial charge < -0.3 is 10.2 Å². The van der Waals surface area contributed by atoms with E-state index in [-0.39, 0.29) is 6.04 Å². The van der Waals surface area contributed by atoms with Crippen LogP contribution in [0.2, 0.25) is 0 Å². The number of piperazine rings is 1. The van der Waals surface area contributed by atoms with Gasteiger partial charge in [0.15, 0.2) is 0 Å². The molecular formula is C17H25N3O. The number of carbonyl (C=O) groups excluding carboxylic acids is 1. The van der Waals surface area contributed by atoms with Crippen molar-refractivity contribution in [1.29, 1.82) is 0 Å². The van der Waals surface area contributed by atoms with Gasteiger partial charge in [-0.2, -0.15) is 0 Å². The molecule has 2 heterocycles. The standard InChI is InChI=1S/C17H25N3O/c1-14(19-12-8-18-9-13-19)17(21)20-10-6-15-4-2-3-5-16(15)7-11-20/h2-5,14,18H,6-13H2,1H3. The summed E-state index contributed by atoms with van der Waals surface area (Å²) in [6.45, 7) is 7.69. The summed E-state index contributed by atoms with van der Waals surface area (Å²) in [6.07, 6.45) is 1.96. The minimum absolute atomic E-state index is 0.00770. The van der Waals surface area contributed by atoms with E-state index >= 15 is 0 Å². The third-order valence-electron chi connectivity index (χ3n) is 4.79. The van der Waals surface area contributed by atoms with E-state index < -0.39 is 0 Å². The lowest BCUT2D eigenvalue weighted by atomic mass is 10.0. The molecule has 3 rings (SSSR count). The van der Waals surface area contributed by atoms with Gasteiger partial charge in [0.2, 0.25) is 5.91 Å². The Morgan fingerprint density at radius 2 is 1.62 bits per heavy atom. The Balaban J connectivity index is 1.63. The summed E-state index contributed by atoms with van der Waals surface area (Å²) >= 11 is 0. The molecule has 4 nitrogen and oxygen atoms in total. The van der Waals surface area contributed by atoms with Crippen molar-refractivity contribution in [3.05, 3.63) is 35.4 Å². The third-order valence-corrected chi connectivity index (χ3v) is 4.79. The zero-order valence-electron chi connectivity index (χ0n) is 12.8. The second kappa shape index (κ2) is 6.58. The molecule has 2 aliphatic rings. The Morgan fingerprint density at radius 3 is 2.19 bits per heavy atom. The largest absolute Gasteiger partial charge is 0.341 e. The molecule has 0 bridgehead atoms.